The number of aliphatic hydroxyl groups is 3. The highest BCUT2D eigenvalue weighted by atomic mass is 16.7. The highest BCUT2D eigenvalue weighted by Gasteiger charge is 2.48. The number of hydrogen-bond donors (Lipinski definition) is 4. The molecule has 146 valence electrons. The summed E-state index contributed by atoms with van der Waals surface area (Å²) in [7, 11) is 1.24. The van der Waals surface area contributed by atoms with Gasteiger partial charge in [0.2, 0.25) is 20.0 Å². The van der Waals surface area contributed by atoms with Crippen LogP contribution < -0.4 is 4.74 Å². The summed E-state index contributed by atoms with van der Waals surface area (Å²) in [5, 5.41) is 38.6. The molecule has 0 radical (unpaired) electrons. The number of carboxylic acids is 1. The molecule has 0 aromatic heterocycles. The second kappa shape index (κ2) is 8.48. The number of Topliss-reactive ketones (excluding diaryl/α,β-unsaturated/α-hetero) is 1. The van der Waals surface area contributed by atoms with Gasteiger partial charge in [-0.3, -0.25) is 9.59 Å². The van der Waals surface area contributed by atoms with E-state index in [1.807, 2.05) is 0 Å². The number of hydrogen-bond acceptors (Lipinski definition) is 9. The third kappa shape index (κ3) is 4.83. The average molecular weight is 382 g/mol. The molecular weight excluding hydrogens is 363 g/mol. The quantitative estimate of drug-likeness (QED) is 0.334. The monoisotopic (exact) mass is 382 g/mol. The molecule has 2 rings (SSSR count). The number of ether oxygens (including phenoxy) is 3. The van der Waals surface area contributed by atoms with Crippen molar-refractivity contribution in [2.45, 2.75) is 44.2 Å². The topological polar surface area (TPSA) is 160 Å². The molecule has 27 heavy (non-hydrogen) atoms. The lowest BCUT2D eigenvalue weighted by Crippen LogP contribution is -2.61. The summed E-state index contributed by atoms with van der Waals surface area (Å²) in [6.45, 7) is 1.19. The molecule has 1 saturated heterocycles. The van der Waals surface area contributed by atoms with Gasteiger partial charge in [-0.25, -0.2) is 4.79 Å². The van der Waals surface area contributed by atoms with Crippen molar-refractivity contribution in [3.05, 3.63) is 29.3 Å². The van der Waals surface area contributed by atoms with E-state index in [-0.39, 0.29) is 17.9 Å². The zero-order valence-electron chi connectivity index (χ0n) is 14.6. The van der Waals surface area contributed by atoms with Crippen LogP contribution in [0.25, 0.3) is 0 Å². The third-order valence-corrected chi connectivity index (χ3v) is 3.92. The lowest BCUT2D eigenvalue weighted by molar-refractivity contribution is -0.271. The van der Waals surface area contributed by atoms with Crippen molar-refractivity contribution in [2.75, 3.05) is 0 Å². The van der Waals surface area contributed by atoms with Gasteiger partial charge in [0.15, 0.2) is 11.9 Å². The first-order valence-electron chi connectivity index (χ1n) is 7.98. The van der Waals surface area contributed by atoms with Gasteiger partial charge >= 0.3 is 5.97 Å². The molecule has 0 spiro atoms. The fourth-order valence-corrected chi connectivity index (χ4v) is 2.50. The number of aliphatic hydroxyl groups excluding tert-OH is 3. The second-order valence-electron chi connectivity index (χ2n) is 6.02. The maximum Gasteiger partial charge on any atom is 0.335 e. The van der Waals surface area contributed by atoms with E-state index < -0.39 is 48.3 Å². The van der Waals surface area contributed by atoms with E-state index in [1.54, 1.807) is 0 Å². The maximum absolute atomic E-state index is 11.9. The molecule has 1 aliphatic rings. The van der Waals surface area contributed by atoms with Crippen molar-refractivity contribution in [1.29, 1.82) is 0 Å². The highest BCUT2D eigenvalue weighted by molar-refractivity contribution is 6.55. The van der Waals surface area contributed by atoms with Crippen LogP contribution in [0.1, 0.15) is 22.8 Å². The molecule has 11 heteroatoms. The number of ketones is 1. The predicted molar refractivity (Wildman–Crippen MR) is 90.1 cm³/mol. The first kappa shape index (κ1) is 20.8. The minimum atomic E-state index is -1.85. The first-order chi connectivity index (χ1) is 12.6. The smallest absolute Gasteiger partial charge is 0.335 e. The van der Waals surface area contributed by atoms with Gasteiger partial charge in [-0.15, -0.1) is 0 Å². The van der Waals surface area contributed by atoms with Crippen LogP contribution in [-0.4, -0.2) is 76.6 Å². The Kier molecular flexibility index (Phi) is 6.55. The van der Waals surface area contributed by atoms with Crippen LogP contribution in [0.2, 0.25) is 0 Å². The van der Waals surface area contributed by atoms with Crippen molar-refractivity contribution in [3.63, 3.8) is 0 Å². The molecule has 0 unspecified atom stereocenters. The molecule has 1 aromatic carbocycles. The van der Waals surface area contributed by atoms with E-state index in [1.165, 1.54) is 33.0 Å². The number of carboxylic acid groups (broad SMARTS) is 1. The largest absolute Gasteiger partial charge is 0.479 e. The van der Waals surface area contributed by atoms with Gasteiger partial charge in [-0.2, -0.15) is 0 Å². The molecule has 1 fully saturated rings. The highest BCUT2D eigenvalue weighted by Crippen LogP contribution is 2.28. The van der Waals surface area contributed by atoms with Gasteiger partial charge in [0.25, 0.3) is 0 Å². The lowest BCUT2D eigenvalue weighted by atomic mass is 9.99. The Morgan fingerprint density at radius 3 is 2.37 bits per heavy atom. The molecule has 1 aromatic rings. The zero-order chi connectivity index (χ0) is 20.3. The van der Waals surface area contributed by atoms with E-state index in [9.17, 15) is 29.7 Å². The molecule has 10 nitrogen and oxygen atoms in total. The molecular formula is C16H19BO10. The number of aliphatic carboxylic acids is 1. The van der Waals surface area contributed by atoms with Crippen molar-refractivity contribution >= 4 is 25.5 Å². The molecule has 1 aliphatic heterocycles. The standard InChI is InChI=1S/C16H19BO10/c1-6(18)8-4-7(5-25-16(17)24)2-3-9(8)26-15-12(21)10(19)11(20)13(27-15)14(22)23/h2-4,10-13,15,19-21H,5,17H2,1H3,(H,22,23)/t10-,11-,12+,13-,15+/m0/s1. The Balaban J connectivity index is 2.25. The van der Waals surface area contributed by atoms with Crippen molar-refractivity contribution in [3.8, 4) is 5.75 Å². The summed E-state index contributed by atoms with van der Waals surface area (Å²) < 4.78 is 15.3. The fraction of sp³-hybridized carbons (Fsp3) is 0.438. The summed E-state index contributed by atoms with van der Waals surface area (Å²) in [5.74, 6) is -2.49. The second-order valence-corrected chi connectivity index (χ2v) is 6.02. The van der Waals surface area contributed by atoms with Gasteiger partial charge < -0.3 is 34.6 Å². The summed E-state index contributed by atoms with van der Waals surface area (Å²) >= 11 is 0. The van der Waals surface area contributed by atoms with E-state index >= 15 is 0 Å². The number of rotatable bonds is 6. The van der Waals surface area contributed by atoms with Gasteiger partial charge in [0.1, 0.15) is 30.7 Å². The minimum absolute atomic E-state index is 0.0362. The first-order valence-corrected chi connectivity index (χ1v) is 7.98. The van der Waals surface area contributed by atoms with Crippen LogP contribution in [0, 0.1) is 0 Å². The van der Waals surface area contributed by atoms with Crippen molar-refractivity contribution < 1.29 is 49.0 Å². The molecule has 0 amide bonds. The van der Waals surface area contributed by atoms with Crippen LogP contribution in [-0.2, 0) is 20.9 Å². The van der Waals surface area contributed by atoms with Gasteiger partial charge in [-0.05, 0) is 24.6 Å². The zero-order valence-corrected chi connectivity index (χ0v) is 14.6. The molecule has 5 atom stereocenters. The lowest BCUT2D eigenvalue weighted by Gasteiger charge is -2.38. The van der Waals surface area contributed by atoms with Crippen LogP contribution in [0.3, 0.4) is 0 Å². The van der Waals surface area contributed by atoms with E-state index in [0.29, 0.717) is 5.56 Å². The summed E-state index contributed by atoms with van der Waals surface area (Å²) in [4.78, 5) is 33.9. The van der Waals surface area contributed by atoms with Crippen LogP contribution in [0.15, 0.2) is 18.2 Å². The number of carbonyl (C=O) groups is 3. The summed E-state index contributed by atoms with van der Waals surface area (Å²) in [6.07, 6.45) is -8.89. The van der Waals surface area contributed by atoms with E-state index in [2.05, 4.69) is 0 Å². The Hall–Kier alpha value is -2.47. The number of carbonyl (C=O) groups excluding carboxylic acids is 2. The normalized spacial score (nSPS) is 27.6. The fourth-order valence-electron chi connectivity index (χ4n) is 2.50. The van der Waals surface area contributed by atoms with Gasteiger partial charge in [0, 0.05) is 0 Å². The van der Waals surface area contributed by atoms with Crippen LogP contribution in [0.5, 0.6) is 5.75 Å². The molecule has 0 aliphatic carbocycles. The maximum atomic E-state index is 11.9. The molecule has 0 bridgehead atoms. The summed E-state index contributed by atoms with van der Waals surface area (Å²) in [6, 6.07) is 4.27. The predicted octanol–water partition coefficient (Wildman–Crippen LogP) is -1.57. The molecule has 1 heterocycles. The SMILES string of the molecule is BC(=O)OCc1ccc(O[C@@H]2O[C@H](C(=O)O)[C@@H](O)[C@H](O)[C@H]2O)c(C(C)=O)c1. The molecule has 4 N–H and O–H groups in total. The Morgan fingerprint density at radius 2 is 1.81 bits per heavy atom. The Labute approximate surface area is 154 Å². The van der Waals surface area contributed by atoms with E-state index in [0.717, 1.165) is 0 Å². The van der Waals surface area contributed by atoms with Crippen LogP contribution in [0.4, 0.5) is 4.79 Å². The molecule has 0 saturated carbocycles. The van der Waals surface area contributed by atoms with Crippen molar-refractivity contribution in [1.82, 2.24) is 0 Å². The van der Waals surface area contributed by atoms with Gasteiger partial charge in [0.05, 0.1) is 5.56 Å². The van der Waals surface area contributed by atoms with E-state index in [4.69, 9.17) is 19.3 Å². The minimum Gasteiger partial charge on any atom is -0.479 e. The summed E-state index contributed by atoms with van der Waals surface area (Å²) in [5.41, 5.74) is 0.578. The van der Waals surface area contributed by atoms with Crippen molar-refractivity contribution in [2.24, 2.45) is 0 Å². The average Bonchev–Trinajstić information content (AvgIpc) is 2.60. The Bertz CT molecular complexity index is 736. The number of benzene rings is 1. The Morgan fingerprint density at radius 1 is 1.15 bits per heavy atom. The van der Waals surface area contributed by atoms with Gasteiger partial charge in [-0.1, -0.05) is 6.07 Å². The van der Waals surface area contributed by atoms with Crippen LogP contribution >= 0.6 is 0 Å². The third-order valence-electron chi connectivity index (χ3n) is 3.92.